The first-order valence-corrected chi connectivity index (χ1v) is 4.98. The van der Waals surface area contributed by atoms with Crippen LogP contribution < -0.4 is 11.0 Å². The zero-order valence-electron chi connectivity index (χ0n) is 9.09. The Morgan fingerprint density at radius 3 is 2.78 bits per heavy atom. The van der Waals surface area contributed by atoms with Gasteiger partial charge in [-0.05, 0) is 17.7 Å². The van der Waals surface area contributed by atoms with E-state index in [1.807, 2.05) is 0 Å². The van der Waals surface area contributed by atoms with E-state index in [0.29, 0.717) is 5.56 Å². The zero-order chi connectivity index (χ0) is 13.0. The molecule has 0 saturated carbocycles. The van der Waals surface area contributed by atoms with E-state index in [9.17, 15) is 9.18 Å². The molecule has 1 aromatic heterocycles. The summed E-state index contributed by atoms with van der Waals surface area (Å²) in [6, 6.07) is 6.62. The van der Waals surface area contributed by atoms with Gasteiger partial charge in [0, 0.05) is 0 Å². The molecule has 0 aliphatic rings. The van der Waals surface area contributed by atoms with Crippen molar-refractivity contribution in [3.05, 3.63) is 52.1 Å². The molecule has 2 rings (SSSR count). The van der Waals surface area contributed by atoms with Crippen LogP contribution in [0.5, 0.6) is 5.88 Å². The van der Waals surface area contributed by atoms with Gasteiger partial charge in [0.25, 0.3) is 5.56 Å². The first-order chi connectivity index (χ1) is 8.63. The van der Waals surface area contributed by atoms with Crippen LogP contribution in [-0.2, 0) is 0 Å². The Balaban J connectivity index is 2.07. The normalized spacial score (nSPS) is 10.7. The maximum atomic E-state index is 12.6. The Labute approximate surface area is 101 Å². The van der Waals surface area contributed by atoms with Crippen LogP contribution in [0.4, 0.5) is 10.3 Å². The number of nitrogens with one attached hydrogen (secondary N) is 2. The number of benzene rings is 1. The van der Waals surface area contributed by atoms with Crippen molar-refractivity contribution in [2.24, 2.45) is 5.10 Å². The zero-order valence-corrected chi connectivity index (χ0v) is 9.09. The van der Waals surface area contributed by atoms with Crippen LogP contribution in [0.1, 0.15) is 5.56 Å². The fourth-order valence-corrected chi connectivity index (χ4v) is 1.21. The second-order valence-corrected chi connectivity index (χ2v) is 3.37. The molecule has 3 N–H and O–H groups in total. The van der Waals surface area contributed by atoms with E-state index in [1.165, 1.54) is 18.3 Å². The van der Waals surface area contributed by atoms with Crippen molar-refractivity contribution in [2.75, 3.05) is 5.43 Å². The molecule has 0 fully saturated rings. The maximum absolute atomic E-state index is 12.6. The lowest BCUT2D eigenvalue weighted by molar-refractivity contribution is 0.452. The van der Waals surface area contributed by atoms with E-state index < -0.39 is 11.4 Å². The van der Waals surface area contributed by atoms with E-state index in [1.54, 1.807) is 12.1 Å². The molecule has 0 bridgehead atoms. The van der Waals surface area contributed by atoms with Crippen molar-refractivity contribution < 1.29 is 9.50 Å². The van der Waals surface area contributed by atoms with Crippen LogP contribution in [0.25, 0.3) is 0 Å². The van der Waals surface area contributed by atoms with Gasteiger partial charge in [-0.2, -0.15) is 10.1 Å². The van der Waals surface area contributed by atoms with Crippen molar-refractivity contribution in [3.63, 3.8) is 0 Å². The summed E-state index contributed by atoms with van der Waals surface area (Å²) in [4.78, 5) is 16.9. The molecule has 6 nitrogen and oxygen atoms in total. The Bertz CT molecular complexity index is 622. The Hall–Kier alpha value is -2.70. The van der Waals surface area contributed by atoms with E-state index in [4.69, 9.17) is 5.11 Å². The van der Waals surface area contributed by atoms with Gasteiger partial charge in [0.15, 0.2) is 0 Å². The molecular weight excluding hydrogens is 239 g/mol. The molecule has 1 aromatic carbocycles. The second-order valence-electron chi connectivity index (χ2n) is 3.37. The molecule has 0 spiro atoms. The molecule has 0 atom stereocenters. The number of hydrogen-bond acceptors (Lipinski definition) is 5. The molecule has 1 heterocycles. The molecule has 92 valence electrons. The highest BCUT2D eigenvalue weighted by molar-refractivity contribution is 5.79. The monoisotopic (exact) mass is 248 g/mol. The highest BCUT2D eigenvalue weighted by atomic mass is 19.1. The fourth-order valence-electron chi connectivity index (χ4n) is 1.21. The minimum Gasteiger partial charge on any atom is -0.493 e. The summed E-state index contributed by atoms with van der Waals surface area (Å²) in [7, 11) is 0. The SMILES string of the molecule is O=c1cc(O)nc(N/N=C\c2ccc(F)cc2)[nH]1. The summed E-state index contributed by atoms with van der Waals surface area (Å²) >= 11 is 0. The van der Waals surface area contributed by atoms with Gasteiger partial charge >= 0.3 is 0 Å². The molecule has 0 unspecified atom stereocenters. The molecule has 0 aliphatic heterocycles. The quantitative estimate of drug-likeness (QED) is 0.559. The van der Waals surface area contributed by atoms with Gasteiger partial charge in [-0.25, -0.2) is 9.82 Å². The van der Waals surface area contributed by atoms with Crippen molar-refractivity contribution in [1.29, 1.82) is 0 Å². The molecule has 0 amide bonds. The van der Waals surface area contributed by atoms with Crippen LogP contribution in [0.3, 0.4) is 0 Å². The fraction of sp³-hybridized carbons (Fsp3) is 0. The highest BCUT2D eigenvalue weighted by Gasteiger charge is 1.97. The van der Waals surface area contributed by atoms with Gasteiger partial charge in [-0.15, -0.1) is 0 Å². The third-order valence-electron chi connectivity index (χ3n) is 1.98. The predicted molar refractivity (Wildman–Crippen MR) is 64.1 cm³/mol. The lowest BCUT2D eigenvalue weighted by atomic mass is 10.2. The van der Waals surface area contributed by atoms with Crippen LogP contribution in [-0.4, -0.2) is 21.3 Å². The summed E-state index contributed by atoms with van der Waals surface area (Å²) in [5.41, 5.74) is 2.61. The van der Waals surface area contributed by atoms with Gasteiger partial charge in [-0.1, -0.05) is 12.1 Å². The molecule has 0 radical (unpaired) electrons. The molecule has 0 saturated heterocycles. The standard InChI is InChI=1S/C11H9FN4O2/c12-8-3-1-7(2-4-8)6-13-16-11-14-9(17)5-10(18)15-11/h1-6H,(H3,14,15,16,17,18)/b13-6-. The van der Waals surface area contributed by atoms with Gasteiger partial charge in [-0.3, -0.25) is 9.78 Å². The van der Waals surface area contributed by atoms with Crippen LogP contribution in [0.2, 0.25) is 0 Å². The number of halogens is 1. The molecular formula is C11H9FN4O2. The average molecular weight is 248 g/mol. The minimum absolute atomic E-state index is 0.0124. The van der Waals surface area contributed by atoms with Gasteiger partial charge in [0.1, 0.15) is 5.82 Å². The van der Waals surface area contributed by atoms with Crippen molar-refractivity contribution in [1.82, 2.24) is 9.97 Å². The number of hydrogen-bond donors (Lipinski definition) is 3. The smallest absolute Gasteiger partial charge is 0.256 e. The third kappa shape index (κ3) is 3.14. The summed E-state index contributed by atoms with van der Waals surface area (Å²) < 4.78 is 12.6. The number of hydrazone groups is 1. The van der Waals surface area contributed by atoms with E-state index in [2.05, 4.69) is 20.5 Å². The second kappa shape index (κ2) is 5.09. The predicted octanol–water partition coefficient (Wildman–Crippen LogP) is 1.06. The average Bonchev–Trinajstić information content (AvgIpc) is 2.30. The summed E-state index contributed by atoms with van der Waals surface area (Å²) in [5, 5.41) is 12.9. The van der Waals surface area contributed by atoms with E-state index in [0.717, 1.165) is 6.07 Å². The minimum atomic E-state index is -0.498. The first kappa shape index (κ1) is 11.8. The number of H-pyrrole nitrogens is 1. The summed E-state index contributed by atoms with van der Waals surface area (Å²) in [5.74, 6) is -0.726. The van der Waals surface area contributed by atoms with Gasteiger partial charge < -0.3 is 5.11 Å². The van der Waals surface area contributed by atoms with Gasteiger partial charge in [0.05, 0.1) is 12.3 Å². The summed E-state index contributed by atoms with van der Waals surface area (Å²) in [6.07, 6.45) is 1.42. The number of nitrogens with zero attached hydrogens (tertiary/aromatic N) is 2. The lowest BCUT2D eigenvalue weighted by Gasteiger charge is -1.98. The number of anilines is 1. The first-order valence-electron chi connectivity index (χ1n) is 4.98. The highest BCUT2D eigenvalue weighted by Crippen LogP contribution is 2.03. The van der Waals surface area contributed by atoms with E-state index in [-0.39, 0.29) is 11.8 Å². The molecule has 0 aliphatic carbocycles. The molecule has 18 heavy (non-hydrogen) atoms. The number of aromatic hydroxyl groups is 1. The largest absolute Gasteiger partial charge is 0.493 e. The number of aromatic nitrogens is 2. The lowest BCUT2D eigenvalue weighted by Crippen LogP contribution is -2.08. The Morgan fingerprint density at radius 2 is 2.11 bits per heavy atom. The maximum Gasteiger partial charge on any atom is 0.256 e. The van der Waals surface area contributed by atoms with Crippen molar-refractivity contribution in [2.45, 2.75) is 0 Å². The van der Waals surface area contributed by atoms with Crippen molar-refractivity contribution in [3.8, 4) is 5.88 Å². The molecule has 7 heteroatoms. The Kier molecular flexibility index (Phi) is 3.33. The number of aromatic amines is 1. The topological polar surface area (TPSA) is 90.4 Å². The third-order valence-corrected chi connectivity index (χ3v) is 1.98. The van der Waals surface area contributed by atoms with Crippen LogP contribution >= 0.6 is 0 Å². The van der Waals surface area contributed by atoms with Crippen LogP contribution in [0, 0.1) is 5.82 Å². The van der Waals surface area contributed by atoms with Gasteiger partial charge in [0.2, 0.25) is 11.8 Å². The van der Waals surface area contributed by atoms with E-state index >= 15 is 0 Å². The Morgan fingerprint density at radius 1 is 1.39 bits per heavy atom. The number of rotatable bonds is 3. The molecule has 2 aromatic rings. The van der Waals surface area contributed by atoms with Crippen molar-refractivity contribution >= 4 is 12.2 Å². The summed E-state index contributed by atoms with van der Waals surface area (Å²) in [6.45, 7) is 0. The van der Waals surface area contributed by atoms with Crippen LogP contribution in [0.15, 0.2) is 40.2 Å².